The molecule has 0 heterocycles. The quantitative estimate of drug-likeness (QED) is 0.300. The van der Waals surface area contributed by atoms with Crippen LogP contribution in [-0.2, 0) is 13.8 Å². The molecule has 0 aliphatic carbocycles. The number of aliphatic hydroxyl groups excluding tert-OH is 1. The maximum Gasteiger partial charge on any atom is 0.469 e. The van der Waals surface area contributed by atoms with Crippen LogP contribution < -0.4 is 0 Å². The molecule has 6 nitrogen and oxygen atoms in total. The summed E-state index contributed by atoms with van der Waals surface area (Å²) < 4.78 is 20.9. The molecule has 0 aliphatic heterocycles. The van der Waals surface area contributed by atoms with Crippen LogP contribution in [0.3, 0.4) is 0 Å². The van der Waals surface area contributed by atoms with E-state index in [1.54, 1.807) is 0 Å². The van der Waals surface area contributed by atoms with Gasteiger partial charge in [-0.2, -0.15) is 0 Å². The molecule has 0 radical (unpaired) electrons. The van der Waals surface area contributed by atoms with Gasteiger partial charge in [0, 0.05) is 19.8 Å². The van der Waals surface area contributed by atoms with Gasteiger partial charge in [-0.3, -0.25) is 4.52 Å². The molecule has 0 aromatic rings. The number of hydrogen-bond acceptors (Lipinski definition) is 4. The molecule has 0 saturated carbocycles. The largest absolute Gasteiger partial charge is 0.469 e. The first kappa shape index (κ1) is 24.0. The summed E-state index contributed by atoms with van der Waals surface area (Å²) in [5, 5.41) is 8.98. The van der Waals surface area contributed by atoms with E-state index in [0.717, 1.165) is 58.2 Å². The third-order valence-corrected chi connectivity index (χ3v) is 4.66. The summed E-state index contributed by atoms with van der Waals surface area (Å²) in [4.78, 5) is 17.5. The molecule has 0 atom stereocenters. The van der Waals surface area contributed by atoms with Gasteiger partial charge in [0.1, 0.15) is 0 Å². The highest BCUT2D eigenvalue weighted by Gasteiger charge is 2.23. The second-order valence-corrected chi connectivity index (χ2v) is 9.33. The van der Waals surface area contributed by atoms with Crippen LogP contribution in [0, 0.1) is 10.8 Å². The number of phosphoric acid groups is 1. The summed E-state index contributed by atoms with van der Waals surface area (Å²) in [7, 11) is -4.38. The van der Waals surface area contributed by atoms with Crippen molar-refractivity contribution in [1.29, 1.82) is 0 Å². The van der Waals surface area contributed by atoms with E-state index in [1.807, 2.05) is 13.8 Å². The minimum atomic E-state index is -4.38. The maximum atomic E-state index is 10.7. The summed E-state index contributed by atoms with van der Waals surface area (Å²) in [6, 6.07) is 0. The van der Waals surface area contributed by atoms with E-state index in [9.17, 15) is 4.57 Å². The highest BCUT2D eigenvalue weighted by Crippen LogP contribution is 2.39. The highest BCUT2D eigenvalue weighted by atomic mass is 31.2. The number of ether oxygens (including phenoxy) is 1. The molecule has 0 aliphatic rings. The first-order valence-electron chi connectivity index (χ1n) is 8.86. The number of rotatable bonds is 15. The first-order chi connectivity index (χ1) is 11.0. The second-order valence-electron chi connectivity index (χ2n) is 8.09. The molecule has 0 rings (SSSR count). The molecule has 0 fully saturated rings. The zero-order valence-electron chi connectivity index (χ0n) is 15.8. The molecular weight excluding hydrogens is 331 g/mol. The summed E-state index contributed by atoms with van der Waals surface area (Å²) in [6.07, 6.45) is 6.82. The normalized spacial score (nSPS) is 13.5. The number of phosphoric ester groups is 1. The molecule has 0 unspecified atom stereocenters. The zero-order valence-corrected chi connectivity index (χ0v) is 16.7. The summed E-state index contributed by atoms with van der Waals surface area (Å²) in [5.41, 5.74) is -0.0467. The van der Waals surface area contributed by atoms with Crippen molar-refractivity contribution in [2.75, 3.05) is 26.4 Å². The minimum absolute atomic E-state index is 0.0573. The van der Waals surface area contributed by atoms with Crippen molar-refractivity contribution in [3.05, 3.63) is 0 Å². The number of hydrogen-bond donors (Lipinski definition) is 3. The Labute approximate surface area is 147 Å². The fourth-order valence-corrected chi connectivity index (χ4v) is 2.99. The van der Waals surface area contributed by atoms with Crippen LogP contribution in [0.1, 0.15) is 72.6 Å². The van der Waals surface area contributed by atoms with Crippen LogP contribution in [0.25, 0.3) is 0 Å². The van der Waals surface area contributed by atoms with E-state index >= 15 is 0 Å². The van der Waals surface area contributed by atoms with Crippen LogP contribution in [0.4, 0.5) is 0 Å². The van der Waals surface area contributed by atoms with Gasteiger partial charge < -0.3 is 19.6 Å². The molecule has 0 aromatic carbocycles. The van der Waals surface area contributed by atoms with Gasteiger partial charge in [-0.1, -0.05) is 40.5 Å². The molecular formula is C17H37O6P. The van der Waals surface area contributed by atoms with Gasteiger partial charge in [0.15, 0.2) is 0 Å². The monoisotopic (exact) mass is 368 g/mol. The molecule has 0 bridgehead atoms. The molecule has 7 heteroatoms. The van der Waals surface area contributed by atoms with Gasteiger partial charge >= 0.3 is 7.82 Å². The van der Waals surface area contributed by atoms with Gasteiger partial charge in [0.25, 0.3) is 0 Å². The second kappa shape index (κ2) is 11.6. The Kier molecular flexibility index (Phi) is 11.6. The lowest BCUT2D eigenvalue weighted by molar-refractivity contribution is 0.105. The third kappa shape index (κ3) is 15.6. The Bertz CT molecular complexity index is 364. The lowest BCUT2D eigenvalue weighted by Gasteiger charge is -2.24. The van der Waals surface area contributed by atoms with Crippen molar-refractivity contribution in [1.82, 2.24) is 0 Å². The Balaban J connectivity index is 3.55. The maximum absolute atomic E-state index is 10.7. The minimum Gasteiger partial charge on any atom is -0.396 e. The van der Waals surface area contributed by atoms with E-state index < -0.39 is 7.82 Å². The van der Waals surface area contributed by atoms with Crippen LogP contribution in [0.15, 0.2) is 0 Å². The molecule has 0 aromatic heterocycles. The summed E-state index contributed by atoms with van der Waals surface area (Å²) in [5.74, 6) is 0. The van der Waals surface area contributed by atoms with Crippen LogP contribution in [0.2, 0.25) is 0 Å². The predicted molar refractivity (Wildman–Crippen MR) is 95.8 cm³/mol. The van der Waals surface area contributed by atoms with E-state index in [-0.39, 0.29) is 24.0 Å². The lowest BCUT2D eigenvalue weighted by atomic mass is 9.84. The highest BCUT2D eigenvalue weighted by molar-refractivity contribution is 7.46. The van der Waals surface area contributed by atoms with Crippen LogP contribution in [-0.4, -0.2) is 41.3 Å². The molecule has 146 valence electrons. The van der Waals surface area contributed by atoms with Crippen molar-refractivity contribution in [2.45, 2.75) is 72.6 Å². The van der Waals surface area contributed by atoms with Gasteiger partial charge in [-0.25, -0.2) is 4.57 Å². The fraction of sp³-hybridized carbons (Fsp3) is 1.00. The number of unbranched alkanes of at least 4 members (excludes halogenated alkanes) is 2. The standard InChI is InChI=1S/C17H37O6P/c1-16(2,11-12-18)9-5-7-13-22-14-8-6-10-17(3,4)15-23-24(19,20)21/h18H,5-15H2,1-4H3,(H2,19,20,21). The molecule has 0 amide bonds. The Morgan fingerprint density at radius 2 is 1.33 bits per heavy atom. The average Bonchev–Trinajstić information content (AvgIpc) is 2.42. The Morgan fingerprint density at radius 1 is 0.833 bits per heavy atom. The smallest absolute Gasteiger partial charge is 0.396 e. The van der Waals surface area contributed by atoms with E-state index in [1.165, 1.54) is 0 Å². The van der Waals surface area contributed by atoms with Gasteiger partial charge in [0.05, 0.1) is 6.61 Å². The molecule has 3 N–H and O–H groups in total. The molecule has 24 heavy (non-hydrogen) atoms. The Hall–Kier alpha value is 0.0300. The van der Waals surface area contributed by atoms with E-state index in [4.69, 9.17) is 19.6 Å². The Morgan fingerprint density at radius 3 is 1.79 bits per heavy atom. The predicted octanol–water partition coefficient (Wildman–Crippen LogP) is 3.89. The topological polar surface area (TPSA) is 96.2 Å². The van der Waals surface area contributed by atoms with Crippen molar-refractivity contribution in [3.63, 3.8) is 0 Å². The number of aliphatic hydroxyl groups is 1. The first-order valence-corrected chi connectivity index (χ1v) is 10.4. The fourth-order valence-electron chi connectivity index (χ4n) is 2.48. The molecule has 0 spiro atoms. The van der Waals surface area contributed by atoms with Gasteiger partial charge in [0.2, 0.25) is 0 Å². The van der Waals surface area contributed by atoms with E-state index in [2.05, 4.69) is 18.4 Å². The van der Waals surface area contributed by atoms with Crippen molar-refractivity contribution >= 4 is 7.82 Å². The van der Waals surface area contributed by atoms with E-state index in [0.29, 0.717) is 0 Å². The lowest BCUT2D eigenvalue weighted by Crippen LogP contribution is -2.18. The average molecular weight is 368 g/mol. The van der Waals surface area contributed by atoms with Crippen LogP contribution in [0.5, 0.6) is 0 Å². The van der Waals surface area contributed by atoms with Crippen molar-refractivity contribution in [3.8, 4) is 0 Å². The molecule has 0 saturated heterocycles. The summed E-state index contributed by atoms with van der Waals surface area (Å²) >= 11 is 0. The van der Waals surface area contributed by atoms with Crippen molar-refractivity contribution in [2.24, 2.45) is 10.8 Å². The SMILES string of the molecule is CC(C)(CCO)CCCCOCCCCC(C)(C)COP(=O)(O)O. The van der Waals surface area contributed by atoms with Crippen LogP contribution >= 0.6 is 7.82 Å². The van der Waals surface area contributed by atoms with Gasteiger partial charge in [-0.05, 0) is 42.9 Å². The zero-order chi connectivity index (χ0) is 18.7. The van der Waals surface area contributed by atoms with Gasteiger partial charge in [-0.15, -0.1) is 0 Å². The third-order valence-electron chi connectivity index (χ3n) is 4.20. The van der Waals surface area contributed by atoms with Crippen molar-refractivity contribution < 1.29 is 28.7 Å². The summed E-state index contributed by atoms with van der Waals surface area (Å²) in [6.45, 7) is 10.0.